The summed E-state index contributed by atoms with van der Waals surface area (Å²) in [5.41, 5.74) is -1.46. The number of hydrogen-bond acceptors (Lipinski definition) is 7. The van der Waals surface area contributed by atoms with Crippen molar-refractivity contribution in [3.8, 4) is 11.6 Å². The summed E-state index contributed by atoms with van der Waals surface area (Å²) in [6.07, 6.45) is 1.76. The third-order valence-corrected chi connectivity index (χ3v) is 6.79. The van der Waals surface area contributed by atoms with Crippen LogP contribution in [-0.4, -0.2) is 45.3 Å². The van der Waals surface area contributed by atoms with Gasteiger partial charge in [0.2, 0.25) is 0 Å². The van der Waals surface area contributed by atoms with Crippen LogP contribution >= 0.6 is 0 Å². The van der Waals surface area contributed by atoms with Crippen LogP contribution in [0.2, 0.25) is 0 Å². The first-order valence-corrected chi connectivity index (χ1v) is 15.2. The highest BCUT2D eigenvalue weighted by Gasteiger charge is 2.31. The first-order chi connectivity index (χ1) is 20.4. The maximum atomic E-state index is 13.0. The van der Waals surface area contributed by atoms with E-state index in [0.717, 1.165) is 59.8 Å². The Bertz CT molecular complexity index is 1260. The second-order valence-corrected chi connectivity index (χ2v) is 11.0. The maximum absolute atomic E-state index is 13.0. The van der Waals surface area contributed by atoms with E-state index in [0.29, 0.717) is 18.6 Å². The monoisotopic (exact) mass is 613 g/mol. The number of alkyl halides is 3. The van der Waals surface area contributed by atoms with Gasteiger partial charge in [0.1, 0.15) is 5.75 Å². The quantitative estimate of drug-likeness (QED) is 0.129. The van der Waals surface area contributed by atoms with E-state index >= 15 is 0 Å². The molecule has 9 nitrogen and oxygen atoms in total. The van der Waals surface area contributed by atoms with Crippen LogP contribution in [0.3, 0.4) is 0 Å². The molecule has 0 radical (unpaired) electrons. The fourth-order valence-electron chi connectivity index (χ4n) is 4.46. The topological polar surface area (TPSA) is 102 Å². The van der Waals surface area contributed by atoms with Crippen molar-refractivity contribution in [1.82, 2.24) is 14.3 Å². The molecule has 0 saturated heterocycles. The number of aryl methyl sites for hydroxylation is 2. The summed E-state index contributed by atoms with van der Waals surface area (Å²) in [7, 11) is 0. The summed E-state index contributed by atoms with van der Waals surface area (Å²) in [5.74, 6) is -0.142. The minimum atomic E-state index is -4.34. The molecular formula is C31H46F3N3O6. The van der Waals surface area contributed by atoms with Crippen molar-refractivity contribution in [2.24, 2.45) is 0 Å². The largest absolute Gasteiger partial charge is 0.476 e. The van der Waals surface area contributed by atoms with Crippen molar-refractivity contribution >= 4 is 5.97 Å². The van der Waals surface area contributed by atoms with Crippen molar-refractivity contribution in [3.05, 3.63) is 50.7 Å². The van der Waals surface area contributed by atoms with Crippen LogP contribution in [0.25, 0.3) is 0 Å². The Balaban J connectivity index is 1.95. The average molecular weight is 614 g/mol. The van der Waals surface area contributed by atoms with Crippen LogP contribution in [0.1, 0.15) is 97.5 Å². The first kappa shape index (κ1) is 35.9. The standard InChI is InChI=1S/C31H46F3N3O6/c1-5-7-8-9-12-20-36-27(38)26(35-37(29(36)40)21-15-19-31(32,33)34)42-22-13-10-11-16-24-17-14-18-25(23-24)43-30(3,4)28(39)41-6-2/h14,17-18,23H,5-13,15-16,19-22H2,1-4H3. The normalized spacial score (nSPS) is 11.9. The Morgan fingerprint density at radius 1 is 0.930 bits per heavy atom. The van der Waals surface area contributed by atoms with Crippen molar-refractivity contribution in [2.45, 2.75) is 123 Å². The van der Waals surface area contributed by atoms with Crippen LogP contribution in [0, 0.1) is 0 Å². The van der Waals surface area contributed by atoms with Gasteiger partial charge in [-0.3, -0.25) is 9.36 Å². The molecule has 43 heavy (non-hydrogen) atoms. The Labute approximate surface area is 251 Å². The number of ether oxygens (including phenoxy) is 3. The fourth-order valence-corrected chi connectivity index (χ4v) is 4.46. The number of unbranched alkanes of at least 4 members (excludes halogenated alkanes) is 6. The van der Waals surface area contributed by atoms with E-state index in [-0.39, 0.29) is 38.6 Å². The van der Waals surface area contributed by atoms with Gasteiger partial charge >= 0.3 is 23.4 Å². The fraction of sp³-hybridized carbons (Fsp3) is 0.677. The summed E-state index contributed by atoms with van der Waals surface area (Å²) < 4.78 is 56.5. The molecule has 0 aliphatic heterocycles. The number of carbonyl (C=O) groups excluding carboxylic acids is 1. The van der Waals surface area contributed by atoms with Gasteiger partial charge in [-0.25, -0.2) is 14.3 Å². The lowest BCUT2D eigenvalue weighted by Crippen LogP contribution is -2.42. The van der Waals surface area contributed by atoms with E-state index in [1.165, 1.54) is 0 Å². The molecule has 2 rings (SSSR count). The highest BCUT2D eigenvalue weighted by Crippen LogP contribution is 2.23. The number of halogens is 3. The molecule has 0 spiro atoms. The SMILES string of the molecule is CCCCCCCn1c(=O)c(OCCCCCc2cccc(OC(C)(C)C(=O)OCC)c2)nn(CCCC(F)(F)F)c1=O. The van der Waals surface area contributed by atoms with Gasteiger partial charge in [0.05, 0.1) is 13.2 Å². The van der Waals surface area contributed by atoms with Gasteiger partial charge in [-0.15, -0.1) is 5.10 Å². The lowest BCUT2D eigenvalue weighted by Gasteiger charge is -2.24. The Morgan fingerprint density at radius 2 is 1.65 bits per heavy atom. The molecule has 1 aromatic carbocycles. The molecular weight excluding hydrogens is 567 g/mol. The lowest BCUT2D eigenvalue weighted by atomic mass is 10.1. The van der Waals surface area contributed by atoms with Gasteiger partial charge in [0, 0.05) is 19.5 Å². The number of rotatable bonds is 20. The van der Waals surface area contributed by atoms with E-state index in [1.54, 1.807) is 26.8 Å². The molecule has 12 heteroatoms. The van der Waals surface area contributed by atoms with Crippen molar-refractivity contribution in [3.63, 3.8) is 0 Å². The third-order valence-electron chi connectivity index (χ3n) is 6.79. The number of esters is 1. The smallest absolute Gasteiger partial charge is 0.389 e. The zero-order chi connectivity index (χ0) is 31.9. The highest BCUT2D eigenvalue weighted by molar-refractivity contribution is 5.79. The molecule has 0 fully saturated rings. The Morgan fingerprint density at radius 3 is 2.35 bits per heavy atom. The average Bonchev–Trinajstić information content (AvgIpc) is 2.93. The molecule has 0 aliphatic carbocycles. The van der Waals surface area contributed by atoms with Crippen LogP contribution < -0.4 is 20.7 Å². The molecule has 0 unspecified atom stereocenters. The summed E-state index contributed by atoms with van der Waals surface area (Å²) in [5, 5.41) is 3.97. The number of hydrogen-bond donors (Lipinski definition) is 0. The van der Waals surface area contributed by atoms with Gasteiger partial charge in [0.15, 0.2) is 5.60 Å². The molecule has 0 atom stereocenters. The third kappa shape index (κ3) is 12.8. The van der Waals surface area contributed by atoms with Crippen LogP contribution in [-0.2, 0) is 29.0 Å². The minimum Gasteiger partial charge on any atom is -0.476 e. The number of aromatic nitrogens is 3. The molecule has 242 valence electrons. The Hall–Kier alpha value is -3.31. The van der Waals surface area contributed by atoms with Crippen LogP contribution in [0.5, 0.6) is 11.6 Å². The molecule has 0 amide bonds. The van der Waals surface area contributed by atoms with Crippen LogP contribution in [0.4, 0.5) is 13.2 Å². The number of benzene rings is 1. The predicted octanol–water partition coefficient (Wildman–Crippen LogP) is 6.23. The maximum Gasteiger partial charge on any atom is 0.389 e. The molecule has 2 aromatic rings. The molecule has 0 N–H and O–H groups in total. The molecule has 1 aromatic heterocycles. The predicted molar refractivity (Wildman–Crippen MR) is 158 cm³/mol. The molecule has 1 heterocycles. The van der Waals surface area contributed by atoms with Crippen LogP contribution in [0.15, 0.2) is 33.9 Å². The summed E-state index contributed by atoms with van der Waals surface area (Å²) in [4.78, 5) is 37.9. The second kappa shape index (κ2) is 17.7. The summed E-state index contributed by atoms with van der Waals surface area (Å²) in [6, 6.07) is 7.50. The van der Waals surface area contributed by atoms with E-state index in [4.69, 9.17) is 14.2 Å². The van der Waals surface area contributed by atoms with E-state index < -0.39 is 35.4 Å². The van der Waals surface area contributed by atoms with Crippen molar-refractivity contribution in [2.75, 3.05) is 13.2 Å². The molecule has 0 aliphatic rings. The first-order valence-electron chi connectivity index (χ1n) is 15.2. The van der Waals surface area contributed by atoms with Gasteiger partial charge < -0.3 is 14.2 Å². The van der Waals surface area contributed by atoms with Crippen molar-refractivity contribution < 1.29 is 32.2 Å². The zero-order valence-corrected chi connectivity index (χ0v) is 25.8. The van der Waals surface area contributed by atoms with E-state index in [9.17, 15) is 27.6 Å². The molecule has 0 bridgehead atoms. The van der Waals surface area contributed by atoms with Gasteiger partial charge in [-0.1, -0.05) is 44.7 Å². The van der Waals surface area contributed by atoms with E-state index in [1.807, 2.05) is 18.2 Å². The Kier molecular flexibility index (Phi) is 14.8. The van der Waals surface area contributed by atoms with E-state index in [2.05, 4.69) is 12.0 Å². The number of nitrogens with zero attached hydrogens (tertiary/aromatic N) is 3. The zero-order valence-electron chi connectivity index (χ0n) is 25.8. The van der Waals surface area contributed by atoms with Gasteiger partial charge in [-0.2, -0.15) is 13.2 Å². The summed E-state index contributed by atoms with van der Waals surface area (Å²) in [6.45, 7) is 7.49. The number of carbonyl (C=O) groups is 1. The highest BCUT2D eigenvalue weighted by atomic mass is 19.4. The summed E-state index contributed by atoms with van der Waals surface area (Å²) >= 11 is 0. The lowest BCUT2D eigenvalue weighted by molar-refractivity contribution is -0.158. The second-order valence-electron chi connectivity index (χ2n) is 11.0. The molecule has 0 saturated carbocycles. The van der Waals surface area contributed by atoms with Crippen molar-refractivity contribution in [1.29, 1.82) is 0 Å². The van der Waals surface area contributed by atoms with Gasteiger partial charge in [-0.05, 0) is 77.0 Å². The minimum absolute atomic E-state index is 0.166. The van der Waals surface area contributed by atoms with Gasteiger partial charge in [0.25, 0.3) is 5.88 Å².